The largest absolute Gasteiger partial charge is 0.464 e. The van der Waals surface area contributed by atoms with Gasteiger partial charge in [0, 0.05) is 32.9 Å². The van der Waals surface area contributed by atoms with Crippen LogP contribution >= 0.6 is 0 Å². The van der Waals surface area contributed by atoms with Crippen LogP contribution in [-0.4, -0.2) is 57.0 Å². The van der Waals surface area contributed by atoms with Crippen molar-refractivity contribution < 1.29 is 31.9 Å². The van der Waals surface area contributed by atoms with E-state index in [-0.39, 0.29) is 35.5 Å². The summed E-state index contributed by atoms with van der Waals surface area (Å²) in [5.41, 5.74) is 0.439. The highest BCUT2D eigenvalue weighted by Crippen LogP contribution is 2.21. The summed E-state index contributed by atoms with van der Waals surface area (Å²) in [5.74, 6) is -0.879. The van der Waals surface area contributed by atoms with Gasteiger partial charge in [-0.15, -0.1) is 0 Å². The van der Waals surface area contributed by atoms with Crippen molar-refractivity contribution >= 4 is 27.6 Å². The highest BCUT2D eigenvalue weighted by molar-refractivity contribution is 7.89. The number of nitrogens with one attached hydrogen (secondary N) is 1. The lowest BCUT2D eigenvalue weighted by molar-refractivity contribution is -0.114. The first kappa shape index (κ1) is 22.5. The quantitative estimate of drug-likeness (QED) is 0.449. The van der Waals surface area contributed by atoms with Gasteiger partial charge < -0.3 is 19.2 Å². The van der Waals surface area contributed by atoms with Crippen molar-refractivity contribution in [2.75, 3.05) is 32.7 Å². The third-order valence-electron chi connectivity index (χ3n) is 3.83. The number of benzene rings is 1. The van der Waals surface area contributed by atoms with E-state index in [9.17, 15) is 18.0 Å². The average molecular weight is 425 g/mol. The van der Waals surface area contributed by atoms with Gasteiger partial charge in [-0.1, -0.05) is 0 Å². The Morgan fingerprint density at radius 3 is 2.48 bits per heavy atom. The maximum atomic E-state index is 13.1. The molecule has 10 nitrogen and oxygen atoms in total. The first-order valence-electron chi connectivity index (χ1n) is 8.67. The predicted octanol–water partition coefficient (Wildman–Crippen LogP) is 1.65. The van der Waals surface area contributed by atoms with E-state index in [4.69, 9.17) is 9.15 Å². The van der Waals surface area contributed by atoms with Crippen LogP contribution in [0.5, 0.6) is 0 Å². The van der Waals surface area contributed by atoms with Crippen molar-refractivity contribution in [3.63, 3.8) is 0 Å². The minimum Gasteiger partial charge on any atom is -0.464 e. The maximum Gasteiger partial charge on any atom is 0.360 e. The summed E-state index contributed by atoms with van der Waals surface area (Å²) in [6.07, 6.45) is 1.56. The zero-order valence-electron chi connectivity index (χ0n) is 16.4. The van der Waals surface area contributed by atoms with Crippen LogP contribution in [0.4, 0.5) is 5.69 Å². The first-order chi connectivity index (χ1) is 13.8. The zero-order chi connectivity index (χ0) is 21.4. The van der Waals surface area contributed by atoms with Gasteiger partial charge in [0.1, 0.15) is 6.26 Å². The number of amides is 1. The molecule has 0 bridgehead atoms. The summed E-state index contributed by atoms with van der Waals surface area (Å²) in [7, 11) is -1.16. The lowest BCUT2D eigenvalue weighted by Crippen LogP contribution is -2.32. The van der Waals surface area contributed by atoms with Crippen LogP contribution < -0.4 is 5.32 Å². The molecule has 0 spiro atoms. The van der Waals surface area contributed by atoms with E-state index in [1.807, 2.05) is 0 Å². The first-order valence-corrected chi connectivity index (χ1v) is 10.1. The molecule has 1 aromatic heterocycles. The molecule has 0 radical (unpaired) electrons. The molecule has 11 heteroatoms. The molecule has 0 aliphatic rings. The zero-order valence-corrected chi connectivity index (χ0v) is 17.2. The minimum absolute atomic E-state index is 0.0450. The second-order valence-electron chi connectivity index (χ2n) is 6.01. The molecule has 0 unspecified atom stereocenters. The Balaban J connectivity index is 2.25. The molecule has 0 fully saturated rings. The molecular formula is C18H23N3O7S. The van der Waals surface area contributed by atoms with E-state index in [1.165, 1.54) is 49.7 Å². The van der Waals surface area contributed by atoms with Crippen LogP contribution in [0.1, 0.15) is 29.7 Å². The number of sulfonamides is 1. The highest BCUT2D eigenvalue weighted by atomic mass is 32.2. The fourth-order valence-electron chi connectivity index (χ4n) is 2.46. The number of anilines is 1. The van der Waals surface area contributed by atoms with Gasteiger partial charge in [-0.25, -0.2) is 18.2 Å². The molecule has 1 aromatic carbocycles. The third kappa shape index (κ3) is 6.11. The summed E-state index contributed by atoms with van der Waals surface area (Å²) >= 11 is 0. The van der Waals surface area contributed by atoms with Crippen molar-refractivity contribution in [1.29, 1.82) is 0 Å². The predicted molar refractivity (Wildman–Crippen MR) is 103 cm³/mol. The van der Waals surface area contributed by atoms with Crippen LogP contribution in [0.25, 0.3) is 0 Å². The monoisotopic (exact) mass is 425 g/mol. The number of aromatic nitrogens is 1. The van der Waals surface area contributed by atoms with Crippen LogP contribution in [0, 0.1) is 0 Å². The number of carbonyl (C=O) groups is 2. The summed E-state index contributed by atoms with van der Waals surface area (Å²) in [4.78, 5) is 26.7. The van der Waals surface area contributed by atoms with Gasteiger partial charge in [-0.05, 0) is 30.7 Å². The Labute approximate surface area is 168 Å². The fraction of sp³-hybridized carbons (Fsp3) is 0.389. The molecule has 0 saturated carbocycles. The van der Waals surface area contributed by atoms with Gasteiger partial charge in [-0.2, -0.15) is 4.31 Å². The van der Waals surface area contributed by atoms with Crippen LogP contribution in [0.15, 0.2) is 39.8 Å². The highest BCUT2D eigenvalue weighted by Gasteiger charge is 2.26. The Kier molecular flexibility index (Phi) is 7.88. The minimum atomic E-state index is -3.89. The molecule has 0 atom stereocenters. The smallest absolute Gasteiger partial charge is 0.360 e. The van der Waals surface area contributed by atoms with Crippen LogP contribution in [0.3, 0.4) is 0 Å². The molecule has 1 N–H and O–H groups in total. The van der Waals surface area contributed by atoms with E-state index in [2.05, 4.69) is 15.0 Å². The number of rotatable bonds is 10. The lowest BCUT2D eigenvalue weighted by Gasteiger charge is -2.21. The Hall–Kier alpha value is -2.76. The molecule has 1 amide bonds. The van der Waals surface area contributed by atoms with Gasteiger partial charge in [0.25, 0.3) is 0 Å². The summed E-state index contributed by atoms with van der Waals surface area (Å²) in [6.45, 7) is 1.71. The fourth-order valence-corrected chi connectivity index (χ4v) is 3.89. The molecule has 2 aromatic rings. The van der Waals surface area contributed by atoms with Crippen molar-refractivity contribution in [3.05, 3.63) is 42.1 Å². The summed E-state index contributed by atoms with van der Waals surface area (Å²) in [5, 5.41) is 2.58. The Bertz CT molecular complexity index is 939. The standard InChI is InChI=1S/C18H23N3O7S/c1-13(22)19-14-5-7-15(8-6-14)29(24,25)21(9-4-10-26-2)11-17-20-16(12-28-17)18(23)27-3/h5-8,12H,4,9-11H2,1-3H3,(H,19,22). The number of methoxy groups -OCH3 is 2. The number of ether oxygens (including phenoxy) is 2. The molecule has 158 valence electrons. The number of hydrogen-bond donors (Lipinski definition) is 1. The van der Waals surface area contributed by atoms with E-state index >= 15 is 0 Å². The third-order valence-corrected chi connectivity index (χ3v) is 5.69. The molecule has 2 rings (SSSR count). The molecule has 1 heterocycles. The number of oxazole rings is 1. The van der Waals surface area contributed by atoms with Gasteiger partial charge >= 0.3 is 5.97 Å². The Morgan fingerprint density at radius 1 is 1.21 bits per heavy atom. The topological polar surface area (TPSA) is 128 Å². The van der Waals surface area contributed by atoms with Crippen molar-refractivity contribution in [1.82, 2.24) is 9.29 Å². The van der Waals surface area contributed by atoms with E-state index in [0.717, 1.165) is 6.26 Å². The van der Waals surface area contributed by atoms with Gasteiger partial charge in [-0.3, -0.25) is 4.79 Å². The van der Waals surface area contributed by atoms with Crippen molar-refractivity contribution in [3.8, 4) is 0 Å². The summed E-state index contributed by atoms with van der Waals surface area (Å²) < 4.78 is 42.2. The molecule has 29 heavy (non-hydrogen) atoms. The summed E-state index contributed by atoms with van der Waals surface area (Å²) in [6, 6.07) is 5.81. The van der Waals surface area contributed by atoms with Crippen LogP contribution in [0.2, 0.25) is 0 Å². The van der Waals surface area contributed by atoms with E-state index < -0.39 is 16.0 Å². The van der Waals surface area contributed by atoms with E-state index in [0.29, 0.717) is 18.7 Å². The Morgan fingerprint density at radius 2 is 1.90 bits per heavy atom. The number of nitrogens with zero attached hydrogens (tertiary/aromatic N) is 2. The lowest BCUT2D eigenvalue weighted by atomic mass is 10.3. The van der Waals surface area contributed by atoms with Crippen molar-refractivity contribution in [2.24, 2.45) is 0 Å². The van der Waals surface area contributed by atoms with Gasteiger partial charge in [0.2, 0.25) is 21.8 Å². The maximum absolute atomic E-state index is 13.1. The second-order valence-corrected chi connectivity index (χ2v) is 7.95. The normalized spacial score (nSPS) is 11.4. The molecule has 0 aliphatic carbocycles. The second kappa shape index (κ2) is 10.1. The number of carbonyl (C=O) groups excluding carboxylic acids is 2. The number of hydrogen-bond acceptors (Lipinski definition) is 8. The molecule has 0 saturated heterocycles. The molecule has 0 aliphatic heterocycles. The van der Waals surface area contributed by atoms with Gasteiger partial charge in [0.05, 0.1) is 18.6 Å². The van der Waals surface area contributed by atoms with Crippen molar-refractivity contribution in [2.45, 2.75) is 24.8 Å². The van der Waals surface area contributed by atoms with Gasteiger partial charge in [0.15, 0.2) is 5.69 Å². The van der Waals surface area contributed by atoms with Crippen LogP contribution in [-0.2, 0) is 30.8 Å². The number of esters is 1. The van der Waals surface area contributed by atoms with E-state index in [1.54, 1.807) is 0 Å². The SMILES string of the molecule is COCCCN(Cc1nc(C(=O)OC)co1)S(=O)(=O)c1ccc(NC(C)=O)cc1. The molecular weight excluding hydrogens is 402 g/mol. The average Bonchev–Trinajstić information content (AvgIpc) is 3.15.